The molecule has 20 heavy (non-hydrogen) atoms. The van der Waals surface area contributed by atoms with E-state index in [0.29, 0.717) is 13.1 Å². The van der Waals surface area contributed by atoms with Gasteiger partial charge in [-0.15, -0.1) is 0 Å². The zero-order valence-corrected chi connectivity index (χ0v) is 11.1. The van der Waals surface area contributed by atoms with Gasteiger partial charge in [-0.2, -0.15) is 0 Å². The number of aromatic nitrogens is 1. The lowest BCUT2D eigenvalue weighted by atomic mass is 10.0. The molecule has 2 N–H and O–H groups in total. The lowest BCUT2D eigenvalue weighted by Crippen LogP contribution is -2.41. The van der Waals surface area contributed by atoms with Crippen LogP contribution in [-0.2, 0) is 0 Å². The summed E-state index contributed by atoms with van der Waals surface area (Å²) >= 11 is 0. The Morgan fingerprint density at radius 1 is 1.25 bits per heavy atom. The van der Waals surface area contributed by atoms with E-state index in [0.717, 1.165) is 29.4 Å². The van der Waals surface area contributed by atoms with Gasteiger partial charge in [0, 0.05) is 30.7 Å². The fourth-order valence-electron chi connectivity index (χ4n) is 2.64. The largest absolute Gasteiger partial charge is 0.465 e. The molecule has 1 amide bonds. The van der Waals surface area contributed by atoms with E-state index < -0.39 is 6.09 Å². The van der Waals surface area contributed by atoms with Crippen molar-refractivity contribution in [2.45, 2.75) is 18.9 Å². The number of hydrogen-bond acceptors (Lipinski definition) is 3. The number of amides is 1. The van der Waals surface area contributed by atoms with Crippen LogP contribution in [0, 0.1) is 0 Å². The second-order valence-corrected chi connectivity index (χ2v) is 5.07. The van der Waals surface area contributed by atoms with Crippen LogP contribution >= 0.6 is 0 Å². The Labute approximate surface area is 117 Å². The molecule has 0 unspecified atom stereocenters. The van der Waals surface area contributed by atoms with Gasteiger partial charge in [0.2, 0.25) is 0 Å². The maximum Gasteiger partial charge on any atom is 0.407 e. The molecule has 1 fully saturated rings. The van der Waals surface area contributed by atoms with Gasteiger partial charge in [0.25, 0.3) is 0 Å². The molecular weight excluding hydrogens is 254 g/mol. The van der Waals surface area contributed by atoms with E-state index in [1.54, 1.807) is 6.20 Å². The van der Waals surface area contributed by atoms with Gasteiger partial charge in [-0.25, -0.2) is 9.78 Å². The van der Waals surface area contributed by atoms with Gasteiger partial charge < -0.3 is 15.3 Å². The van der Waals surface area contributed by atoms with E-state index in [1.165, 1.54) is 4.90 Å². The van der Waals surface area contributed by atoms with Crippen LogP contribution in [0.4, 0.5) is 10.6 Å². The van der Waals surface area contributed by atoms with Crippen molar-refractivity contribution < 1.29 is 9.90 Å². The number of likely N-dealkylation sites (tertiary alicyclic amines) is 1. The average molecular weight is 271 g/mol. The molecule has 1 aromatic carbocycles. The molecule has 2 heterocycles. The molecule has 0 aliphatic carbocycles. The molecule has 0 radical (unpaired) electrons. The summed E-state index contributed by atoms with van der Waals surface area (Å²) in [5.74, 6) is 0.886. The van der Waals surface area contributed by atoms with Crippen molar-refractivity contribution in [1.82, 2.24) is 9.88 Å². The summed E-state index contributed by atoms with van der Waals surface area (Å²) in [6.07, 6.45) is 2.61. The summed E-state index contributed by atoms with van der Waals surface area (Å²) in [7, 11) is 0. The van der Waals surface area contributed by atoms with Crippen LogP contribution < -0.4 is 5.32 Å². The van der Waals surface area contributed by atoms with E-state index in [1.807, 2.05) is 18.2 Å². The number of carboxylic acid groups (broad SMARTS) is 1. The maximum atomic E-state index is 10.9. The van der Waals surface area contributed by atoms with Crippen molar-refractivity contribution >= 4 is 22.7 Å². The monoisotopic (exact) mass is 271 g/mol. The minimum atomic E-state index is -0.827. The number of nitrogens with one attached hydrogen (secondary N) is 1. The van der Waals surface area contributed by atoms with Crippen molar-refractivity contribution in [3.8, 4) is 0 Å². The molecular formula is C15H17N3O2. The first kappa shape index (κ1) is 12.7. The summed E-state index contributed by atoms with van der Waals surface area (Å²) in [6, 6.07) is 10.4. The molecule has 1 aromatic heterocycles. The number of nitrogens with zero attached hydrogens (tertiary/aromatic N) is 2. The number of benzene rings is 1. The van der Waals surface area contributed by atoms with Gasteiger partial charge in [-0.1, -0.05) is 24.3 Å². The van der Waals surface area contributed by atoms with Crippen LogP contribution in [0.5, 0.6) is 0 Å². The summed E-state index contributed by atoms with van der Waals surface area (Å²) in [5.41, 5.74) is 0. The second kappa shape index (κ2) is 5.36. The van der Waals surface area contributed by atoms with Crippen LogP contribution in [-0.4, -0.2) is 40.2 Å². The van der Waals surface area contributed by atoms with Crippen molar-refractivity contribution in [1.29, 1.82) is 0 Å². The summed E-state index contributed by atoms with van der Waals surface area (Å²) in [6.45, 7) is 1.16. The molecule has 1 aliphatic rings. The zero-order valence-electron chi connectivity index (χ0n) is 11.1. The van der Waals surface area contributed by atoms with Gasteiger partial charge >= 0.3 is 6.09 Å². The molecule has 5 nitrogen and oxygen atoms in total. The van der Waals surface area contributed by atoms with Crippen LogP contribution in [0.3, 0.4) is 0 Å². The molecule has 1 saturated heterocycles. The van der Waals surface area contributed by atoms with E-state index in [-0.39, 0.29) is 6.04 Å². The summed E-state index contributed by atoms with van der Waals surface area (Å²) < 4.78 is 0. The van der Waals surface area contributed by atoms with Crippen LogP contribution in [0.25, 0.3) is 10.8 Å². The van der Waals surface area contributed by atoms with Gasteiger partial charge in [-0.3, -0.25) is 0 Å². The van der Waals surface area contributed by atoms with Crippen LogP contribution in [0.2, 0.25) is 0 Å². The van der Waals surface area contributed by atoms with Crippen molar-refractivity contribution in [3.05, 3.63) is 36.5 Å². The van der Waals surface area contributed by atoms with E-state index in [4.69, 9.17) is 5.11 Å². The number of pyridine rings is 1. The normalized spacial score (nSPS) is 16.3. The van der Waals surface area contributed by atoms with Crippen molar-refractivity contribution in [3.63, 3.8) is 0 Å². The number of fused-ring (bicyclic) bond motifs is 1. The third-order valence-corrected chi connectivity index (χ3v) is 3.78. The highest BCUT2D eigenvalue weighted by molar-refractivity contribution is 5.91. The predicted molar refractivity (Wildman–Crippen MR) is 78.0 cm³/mol. The quantitative estimate of drug-likeness (QED) is 0.881. The van der Waals surface area contributed by atoms with Gasteiger partial charge in [0.05, 0.1) is 0 Å². The highest BCUT2D eigenvalue weighted by Gasteiger charge is 2.22. The topological polar surface area (TPSA) is 65.5 Å². The predicted octanol–water partition coefficient (Wildman–Crippen LogP) is 2.79. The van der Waals surface area contributed by atoms with Crippen molar-refractivity contribution in [2.24, 2.45) is 0 Å². The molecule has 5 heteroatoms. The Kier molecular flexibility index (Phi) is 3.41. The van der Waals surface area contributed by atoms with E-state index in [9.17, 15) is 4.79 Å². The number of carbonyl (C=O) groups is 1. The van der Waals surface area contributed by atoms with Crippen molar-refractivity contribution in [2.75, 3.05) is 18.4 Å². The Balaban J connectivity index is 1.73. The molecule has 0 spiro atoms. The number of piperidine rings is 1. The van der Waals surface area contributed by atoms with Crippen LogP contribution in [0.15, 0.2) is 36.5 Å². The third kappa shape index (κ3) is 2.52. The van der Waals surface area contributed by atoms with Crippen LogP contribution in [0.1, 0.15) is 12.8 Å². The van der Waals surface area contributed by atoms with E-state index >= 15 is 0 Å². The highest BCUT2D eigenvalue weighted by Crippen LogP contribution is 2.23. The molecule has 0 bridgehead atoms. The number of rotatable bonds is 2. The molecule has 2 aromatic rings. The van der Waals surface area contributed by atoms with E-state index in [2.05, 4.69) is 22.4 Å². The van der Waals surface area contributed by atoms with Gasteiger partial charge in [-0.05, 0) is 24.3 Å². The fraction of sp³-hybridized carbons (Fsp3) is 0.333. The first-order valence-corrected chi connectivity index (χ1v) is 6.82. The molecule has 104 valence electrons. The van der Waals surface area contributed by atoms with Gasteiger partial charge in [0.15, 0.2) is 0 Å². The average Bonchev–Trinajstić information content (AvgIpc) is 2.48. The Hall–Kier alpha value is -2.30. The molecule has 3 rings (SSSR count). The minimum absolute atomic E-state index is 0.281. The summed E-state index contributed by atoms with van der Waals surface area (Å²) in [4.78, 5) is 16.8. The lowest BCUT2D eigenvalue weighted by molar-refractivity contribution is 0.134. The first-order valence-electron chi connectivity index (χ1n) is 6.82. The Morgan fingerprint density at radius 3 is 2.75 bits per heavy atom. The zero-order chi connectivity index (χ0) is 13.9. The minimum Gasteiger partial charge on any atom is -0.465 e. The lowest BCUT2D eigenvalue weighted by Gasteiger charge is -2.30. The fourth-order valence-corrected chi connectivity index (χ4v) is 2.64. The standard InChI is InChI=1S/C15H17N3O2/c19-15(20)18-9-6-12(7-10-18)17-14-13-4-2-1-3-11(13)5-8-16-14/h1-5,8,12H,6-7,9-10H2,(H,16,17)(H,19,20). The third-order valence-electron chi connectivity index (χ3n) is 3.78. The second-order valence-electron chi connectivity index (χ2n) is 5.07. The smallest absolute Gasteiger partial charge is 0.407 e. The SMILES string of the molecule is O=C(O)N1CCC(Nc2nccc3ccccc23)CC1. The number of anilines is 1. The Bertz CT molecular complexity index is 616. The summed E-state index contributed by atoms with van der Waals surface area (Å²) in [5, 5.41) is 14.7. The number of hydrogen-bond donors (Lipinski definition) is 2. The molecule has 1 aliphatic heterocycles. The Morgan fingerprint density at radius 2 is 2.00 bits per heavy atom. The maximum absolute atomic E-state index is 10.9. The van der Waals surface area contributed by atoms with Gasteiger partial charge in [0.1, 0.15) is 5.82 Å². The first-order chi connectivity index (χ1) is 9.74. The molecule has 0 saturated carbocycles. The molecule has 0 atom stereocenters. The highest BCUT2D eigenvalue weighted by atomic mass is 16.4.